The van der Waals surface area contributed by atoms with Gasteiger partial charge in [0.15, 0.2) is 5.57 Å². The molecule has 142 valence electrons. The van der Waals surface area contributed by atoms with Crippen LogP contribution < -0.4 is 19.5 Å². The van der Waals surface area contributed by atoms with E-state index in [0.29, 0.717) is 11.4 Å². The van der Waals surface area contributed by atoms with Crippen LogP contribution in [-0.4, -0.2) is 16.6 Å². The number of nitriles is 2. The van der Waals surface area contributed by atoms with Crippen molar-refractivity contribution in [2.24, 2.45) is 0 Å². The molecule has 1 heterocycles. The molecule has 0 N–H and O–H groups in total. The number of hydrogen-bond donors (Lipinski definition) is 0. The van der Waals surface area contributed by atoms with E-state index in [2.05, 4.69) is 0 Å². The summed E-state index contributed by atoms with van der Waals surface area (Å²) in [7, 11) is 1.48. The van der Waals surface area contributed by atoms with E-state index in [1.54, 1.807) is 42.5 Å². The maximum atomic E-state index is 13.1. The first-order valence-corrected chi connectivity index (χ1v) is 8.97. The van der Waals surface area contributed by atoms with Crippen molar-refractivity contribution in [1.29, 1.82) is 10.5 Å². The van der Waals surface area contributed by atoms with Crippen molar-refractivity contribution in [1.82, 2.24) is 4.57 Å². The molecular formula is C20H12N4O4S. The molecule has 3 rings (SSSR count). The van der Waals surface area contributed by atoms with Gasteiger partial charge >= 0.3 is 0 Å². The maximum Gasteiger partial charge on any atom is 0.276 e. The van der Waals surface area contributed by atoms with Crippen LogP contribution in [0.2, 0.25) is 0 Å². The fourth-order valence-electron chi connectivity index (χ4n) is 2.67. The first-order valence-electron chi connectivity index (χ1n) is 8.16. The van der Waals surface area contributed by atoms with Crippen molar-refractivity contribution in [3.63, 3.8) is 0 Å². The highest BCUT2D eigenvalue weighted by atomic mass is 32.1. The number of para-hydroxylation sites is 1. The predicted octanol–water partition coefficient (Wildman–Crippen LogP) is 1.84. The molecule has 1 aromatic heterocycles. The minimum absolute atomic E-state index is 0.137. The molecule has 0 aliphatic carbocycles. The van der Waals surface area contributed by atoms with Gasteiger partial charge in [-0.1, -0.05) is 18.2 Å². The topological polar surface area (TPSA) is 122 Å². The number of nitro benzene ring substituents is 1. The molecule has 0 saturated heterocycles. The first-order chi connectivity index (χ1) is 14.0. The Morgan fingerprint density at radius 1 is 1.21 bits per heavy atom. The lowest BCUT2D eigenvalue weighted by molar-refractivity contribution is -0.385. The van der Waals surface area contributed by atoms with Gasteiger partial charge in [0.05, 0.1) is 27.8 Å². The highest BCUT2D eigenvalue weighted by Gasteiger charge is 2.14. The zero-order valence-corrected chi connectivity index (χ0v) is 15.8. The Hall–Kier alpha value is -4.21. The molecule has 0 aliphatic heterocycles. The number of nitro groups is 1. The molecule has 2 aromatic carbocycles. The molecule has 8 nitrogen and oxygen atoms in total. The van der Waals surface area contributed by atoms with Gasteiger partial charge in [0.25, 0.3) is 11.2 Å². The van der Waals surface area contributed by atoms with Crippen LogP contribution in [0.25, 0.3) is 17.3 Å². The quantitative estimate of drug-likeness (QED) is 0.483. The first kappa shape index (κ1) is 19.5. The van der Waals surface area contributed by atoms with Gasteiger partial charge in [0.2, 0.25) is 0 Å². The van der Waals surface area contributed by atoms with Gasteiger partial charge in [-0.3, -0.25) is 19.5 Å². The average Bonchev–Trinajstić information content (AvgIpc) is 3.05. The minimum Gasteiger partial charge on any atom is -0.497 e. The molecule has 29 heavy (non-hydrogen) atoms. The van der Waals surface area contributed by atoms with Crippen LogP contribution in [0.1, 0.15) is 5.56 Å². The largest absolute Gasteiger partial charge is 0.497 e. The van der Waals surface area contributed by atoms with E-state index < -0.39 is 10.5 Å². The summed E-state index contributed by atoms with van der Waals surface area (Å²) in [5, 5.41) is 29.9. The minimum atomic E-state index is -0.539. The van der Waals surface area contributed by atoms with Gasteiger partial charge in [0.1, 0.15) is 22.6 Å². The zero-order chi connectivity index (χ0) is 21.0. The Morgan fingerprint density at radius 2 is 1.93 bits per heavy atom. The molecule has 0 unspecified atom stereocenters. The van der Waals surface area contributed by atoms with Crippen molar-refractivity contribution in [2.75, 3.05) is 7.11 Å². The SMILES string of the molecule is COc1cccc(-n2c(=C(C#N)C#N)s/c(=C/c3ccccc3[N+](=O)[O-])c2=O)c1. The number of ether oxygens (including phenoxy) is 1. The molecule has 0 saturated carbocycles. The second kappa shape index (κ2) is 8.21. The second-order valence-electron chi connectivity index (χ2n) is 5.67. The van der Waals surface area contributed by atoms with E-state index in [-0.39, 0.29) is 26.0 Å². The van der Waals surface area contributed by atoms with Crippen molar-refractivity contribution < 1.29 is 9.66 Å². The Kier molecular flexibility index (Phi) is 5.54. The van der Waals surface area contributed by atoms with Crippen molar-refractivity contribution in [3.8, 4) is 23.6 Å². The summed E-state index contributed by atoms with van der Waals surface area (Å²) in [5.74, 6) is 0.492. The number of rotatable bonds is 4. The zero-order valence-electron chi connectivity index (χ0n) is 15.0. The number of methoxy groups -OCH3 is 1. The third-order valence-electron chi connectivity index (χ3n) is 3.99. The Morgan fingerprint density at radius 3 is 2.59 bits per heavy atom. The lowest BCUT2D eigenvalue weighted by Crippen LogP contribution is -2.30. The van der Waals surface area contributed by atoms with E-state index in [1.165, 1.54) is 36.0 Å². The Balaban J connectivity index is 2.41. The average molecular weight is 404 g/mol. The third kappa shape index (κ3) is 3.76. The van der Waals surface area contributed by atoms with E-state index >= 15 is 0 Å². The van der Waals surface area contributed by atoms with E-state index in [4.69, 9.17) is 4.74 Å². The molecule has 0 radical (unpaired) electrons. The molecule has 3 aromatic rings. The normalized spacial score (nSPS) is 10.8. The molecule has 0 bridgehead atoms. The third-order valence-corrected chi connectivity index (χ3v) is 5.09. The van der Waals surface area contributed by atoms with Crippen LogP contribution in [0, 0.1) is 32.8 Å². The van der Waals surface area contributed by atoms with E-state index in [0.717, 1.165) is 11.3 Å². The molecule has 0 atom stereocenters. The number of aromatic nitrogens is 1. The van der Waals surface area contributed by atoms with Gasteiger partial charge in [0, 0.05) is 12.1 Å². The summed E-state index contributed by atoms with van der Waals surface area (Å²) in [6, 6.07) is 16.2. The summed E-state index contributed by atoms with van der Waals surface area (Å²) in [6.45, 7) is 0. The van der Waals surface area contributed by atoms with Crippen LogP contribution in [0.15, 0.2) is 53.3 Å². The van der Waals surface area contributed by atoms with Gasteiger partial charge in [-0.15, -0.1) is 11.3 Å². The summed E-state index contributed by atoms with van der Waals surface area (Å²) >= 11 is 0.916. The van der Waals surface area contributed by atoms with Crippen LogP contribution in [-0.2, 0) is 0 Å². The van der Waals surface area contributed by atoms with Crippen molar-refractivity contribution in [2.45, 2.75) is 0 Å². The molecule has 0 spiro atoms. The summed E-state index contributed by atoms with van der Waals surface area (Å²) in [5.41, 5.74) is -0.238. The fraction of sp³-hybridized carbons (Fsp3) is 0.0500. The molecule has 0 aliphatic rings. The highest BCUT2D eigenvalue weighted by molar-refractivity contribution is 7.07. The Bertz CT molecular complexity index is 1360. The van der Waals surface area contributed by atoms with Gasteiger partial charge in [-0.25, -0.2) is 0 Å². The second-order valence-corrected chi connectivity index (χ2v) is 6.70. The van der Waals surface area contributed by atoms with E-state index in [1.807, 2.05) is 0 Å². The predicted molar refractivity (Wildman–Crippen MR) is 107 cm³/mol. The van der Waals surface area contributed by atoms with Crippen molar-refractivity contribution in [3.05, 3.63) is 83.8 Å². The lowest BCUT2D eigenvalue weighted by Gasteiger charge is -2.05. The molecule has 0 amide bonds. The van der Waals surface area contributed by atoms with Crippen LogP contribution in [0.5, 0.6) is 5.75 Å². The van der Waals surface area contributed by atoms with Gasteiger partial charge in [-0.05, 0) is 24.3 Å². The summed E-state index contributed by atoms with van der Waals surface area (Å²) in [4.78, 5) is 23.8. The maximum absolute atomic E-state index is 13.1. The van der Waals surface area contributed by atoms with Crippen LogP contribution >= 0.6 is 11.3 Å². The van der Waals surface area contributed by atoms with Gasteiger partial charge in [-0.2, -0.15) is 10.5 Å². The standard InChI is InChI=1S/C20H12N4O4S/c1-28-16-7-4-6-15(10-16)23-19(25)18(29-20(23)14(11-21)12-22)9-13-5-2-3-8-17(13)24(26)27/h2-10H,1H3/b18-9+. The number of benzene rings is 2. The Labute approximate surface area is 168 Å². The van der Waals surface area contributed by atoms with Gasteiger partial charge < -0.3 is 4.74 Å². The lowest BCUT2D eigenvalue weighted by atomic mass is 10.2. The number of thiazole rings is 1. The van der Waals surface area contributed by atoms with E-state index in [9.17, 15) is 25.4 Å². The molecule has 9 heteroatoms. The number of nitrogens with zero attached hydrogens (tertiary/aromatic N) is 4. The summed E-state index contributed by atoms with van der Waals surface area (Å²) < 4.78 is 6.70. The summed E-state index contributed by atoms with van der Waals surface area (Å²) in [6.07, 6.45) is 1.39. The fourth-order valence-corrected chi connectivity index (χ4v) is 3.72. The monoisotopic (exact) mass is 404 g/mol. The highest BCUT2D eigenvalue weighted by Crippen LogP contribution is 2.18. The molecular weight excluding hydrogens is 392 g/mol. The van der Waals surface area contributed by atoms with Crippen molar-refractivity contribution >= 4 is 28.7 Å². The van der Waals surface area contributed by atoms with Crippen LogP contribution in [0.3, 0.4) is 0 Å². The number of hydrogen-bond acceptors (Lipinski definition) is 7. The molecule has 0 fully saturated rings. The smallest absolute Gasteiger partial charge is 0.276 e. The van der Waals surface area contributed by atoms with Crippen LogP contribution in [0.4, 0.5) is 5.69 Å².